The average Bonchev–Trinajstić information content (AvgIpc) is 3.06. The van der Waals surface area contributed by atoms with E-state index in [1.54, 1.807) is 22.8 Å². The molecule has 7 heteroatoms. The number of pyridine rings is 2. The average molecular weight is 350 g/mol. The molecule has 0 saturated carbocycles. The van der Waals surface area contributed by atoms with Gasteiger partial charge in [-0.2, -0.15) is 4.52 Å². The first-order valence-electron chi connectivity index (χ1n) is 9.09. The van der Waals surface area contributed by atoms with Crippen molar-refractivity contribution in [3.63, 3.8) is 0 Å². The number of rotatable bonds is 2. The first kappa shape index (κ1) is 16.5. The number of nitrogen functional groups attached to an aromatic ring is 1. The normalized spacial score (nSPS) is 15.6. The van der Waals surface area contributed by atoms with Crippen molar-refractivity contribution >= 4 is 17.4 Å². The zero-order valence-electron chi connectivity index (χ0n) is 14.6. The van der Waals surface area contributed by atoms with Crippen molar-refractivity contribution in [3.8, 4) is 11.5 Å². The lowest BCUT2D eigenvalue weighted by molar-refractivity contribution is 0.0742. The van der Waals surface area contributed by atoms with Crippen LogP contribution in [0.15, 0.2) is 36.5 Å². The Morgan fingerprint density at radius 1 is 1.04 bits per heavy atom. The molecule has 2 N–H and O–H groups in total. The van der Waals surface area contributed by atoms with Crippen LogP contribution in [0.4, 0.5) is 5.82 Å². The van der Waals surface area contributed by atoms with Crippen molar-refractivity contribution in [2.24, 2.45) is 0 Å². The Morgan fingerprint density at radius 2 is 1.81 bits per heavy atom. The molecule has 1 aliphatic rings. The maximum absolute atomic E-state index is 12.9. The molecule has 3 aromatic heterocycles. The third-order valence-electron chi connectivity index (χ3n) is 4.75. The highest BCUT2D eigenvalue weighted by molar-refractivity contribution is 5.96. The van der Waals surface area contributed by atoms with Crippen molar-refractivity contribution in [1.82, 2.24) is 24.5 Å². The summed E-state index contributed by atoms with van der Waals surface area (Å²) in [4.78, 5) is 23.6. The molecule has 4 heterocycles. The van der Waals surface area contributed by atoms with Gasteiger partial charge in [0.05, 0.1) is 0 Å². The fraction of sp³-hybridized carbons (Fsp3) is 0.368. The molecule has 4 rings (SSSR count). The molecule has 0 aromatic carbocycles. The maximum Gasteiger partial charge on any atom is 0.254 e. The Bertz CT molecular complexity index is 912. The number of amides is 1. The SMILES string of the molecule is Nc1cc(C(=O)N2CCCCCCC2)cc2nc(-c3ccccn3)nn12. The topological polar surface area (TPSA) is 89.4 Å². The summed E-state index contributed by atoms with van der Waals surface area (Å²) in [6, 6.07) is 9.02. The van der Waals surface area contributed by atoms with Crippen LogP contribution in [-0.4, -0.2) is 43.5 Å². The van der Waals surface area contributed by atoms with Crippen LogP contribution in [0.2, 0.25) is 0 Å². The largest absolute Gasteiger partial charge is 0.384 e. The zero-order valence-corrected chi connectivity index (χ0v) is 14.6. The maximum atomic E-state index is 12.9. The third kappa shape index (κ3) is 3.24. The van der Waals surface area contributed by atoms with E-state index in [0.717, 1.165) is 25.9 Å². The van der Waals surface area contributed by atoms with Gasteiger partial charge in [0.25, 0.3) is 5.91 Å². The Kier molecular flexibility index (Phi) is 4.51. The third-order valence-corrected chi connectivity index (χ3v) is 4.75. The van der Waals surface area contributed by atoms with Crippen molar-refractivity contribution in [1.29, 1.82) is 0 Å². The van der Waals surface area contributed by atoms with Crippen molar-refractivity contribution in [3.05, 3.63) is 42.1 Å². The number of aromatic nitrogens is 4. The van der Waals surface area contributed by atoms with Gasteiger partial charge in [0.1, 0.15) is 11.5 Å². The van der Waals surface area contributed by atoms with Gasteiger partial charge < -0.3 is 10.6 Å². The molecule has 26 heavy (non-hydrogen) atoms. The molecule has 0 spiro atoms. The van der Waals surface area contributed by atoms with Gasteiger partial charge in [-0.3, -0.25) is 9.78 Å². The number of nitrogens with zero attached hydrogens (tertiary/aromatic N) is 5. The van der Waals surface area contributed by atoms with Gasteiger partial charge in [0, 0.05) is 24.8 Å². The predicted molar refractivity (Wildman–Crippen MR) is 99.6 cm³/mol. The van der Waals surface area contributed by atoms with Gasteiger partial charge in [-0.25, -0.2) is 4.98 Å². The molecular weight excluding hydrogens is 328 g/mol. The van der Waals surface area contributed by atoms with Gasteiger partial charge in [0.15, 0.2) is 5.65 Å². The van der Waals surface area contributed by atoms with Crippen LogP contribution in [-0.2, 0) is 0 Å². The van der Waals surface area contributed by atoms with Gasteiger partial charge in [-0.05, 0) is 37.1 Å². The van der Waals surface area contributed by atoms with E-state index in [2.05, 4.69) is 15.1 Å². The van der Waals surface area contributed by atoms with Gasteiger partial charge in [0.2, 0.25) is 5.82 Å². The fourth-order valence-electron chi connectivity index (χ4n) is 3.37. The van der Waals surface area contributed by atoms with Crippen LogP contribution in [0.1, 0.15) is 42.5 Å². The first-order chi connectivity index (χ1) is 12.7. The molecule has 0 atom stereocenters. The number of hydrogen-bond donors (Lipinski definition) is 1. The molecule has 134 valence electrons. The first-order valence-corrected chi connectivity index (χ1v) is 9.09. The van der Waals surface area contributed by atoms with Crippen molar-refractivity contribution < 1.29 is 4.79 Å². The second kappa shape index (κ2) is 7.11. The molecule has 7 nitrogen and oxygen atoms in total. The summed E-state index contributed by atoms with van der Waals surface area (Å²) in [6.07, 6.45) is 7.43. The second-order valence-corrected chi connectivity index (χ2v) is 6.65. The molecule has 0 aliphatic carbocycles. The summed E-state index contributed by atoms with van der Waals surface area (Å²) in [5.41, 5.74) is 7.94. The summed E-state index contributed by atoms with van der Waals surface area (Å²) < 4.78 is 1.55. The molecule has 3 aromatic rings. The van der Waals surface area contributed by atoms with E-state index in [0.29, 0.717) is 28.5 Å². The van der Waals surface area contributed by atoms with Gasteiger partial charge in [-0.15, -0.1) is 5.10 Å². The molecule has 1 fully saturated rings. The van der Waals surface area contributed by atoms with Crippen LogP contribution in [0.3, 0.4) is 0 Å². The summed E-state index contributed by atoms with van der Waals surface area (Å²) in [6.45, 7) is 1.60. The van der Waals surface area contributed by atoms with Crippen molar-refractivity contribution in [2.45, 2.75) is 32.1 Å². The molecular formula is C19H22N6O. The van der Waals surface area contributed by atoms with E-state index in [1.807, 2.05) is 23.1 Å². The highest BCUT2D eigenvalue weighted by Crippen LogP contribution is 2.20. The number of anilines is 1. The van der Waals surface area contributed by atoms with Crippen LogP contribution in [0, 0.1) is 0 Å². The van der Waals surface area contributed by atoms with E-state index in [4.69, 9.17) is 5.73 Å². The zero-order chi connectivity index (χ0) is 17.9. The van der Waals surface area contributed by atoms with Gasteiger partial charge >= 0.3 is 0 Å². The lowest BCUT2D eigenvalue weighted by atomic mass is 10.1. The van der Waals surface area contributed by atoms with Crippen LogP contribution in [0.5, 0.6) is 0 Å². The second-order valence-electron chi connectivity index (χ2n) is 6.65. The van der Waals surface area contributed by atoms with Crippen LogP contribution >= 0.6 is 0 Å². The summed E-state index contributed by atoms with van der Waals surface area (Å²) in [7, 11) is 0. The standard InChI is InChI=1S/C19H22N6O/c20-16-12-14(19(26)24-10-6-2-1-3-7-11-24)13-17-22-18(23-25(16)17)15-8-4-5-9-21-15/h4-5,8-9,12-13H,1-3,6-7,10-11,20H2. The Labute approximate surface area is 151 Å². The molecule has 0 unspecified atom stereocenters. The number of fused-ring (bicyclic) bond motifs is 1. The van der Waals surface area contributed by atoms with Crippen molar-refractivity contribution in [2.75, 3.05) is 18.8 Å². The summed E-state index contributed by atoms with van der Waals surface area (Å²) in [5.74, 6) is 0.907. The van der Waals surface area contributed by atoms with E-state index < -0.39 is 0 Å². The highest BCUT2D eigenvalue weighted by Gasteiger charge is 2.19. The van der Waals surface area contributed by atoms with E-state index in [1.165, 1.54) is 19.3 Å². The minimum absolute atomic E-state index is 0.0171. The molecule has 1 amide bonds. The van der Waals surface area contributed by atoms with E-state index in [-0.39, 0.29) is 5.91 Å². The molecule has 0 radical (unpaired) electrons. The van der Waals surface area contributed by atoms with E-state index >= 15 is 0 Å². The number of hydrogen-bond acceptors (Lipinski definition) is 5. The molecule has 1 aliphatic heterocycles. The van der Waals surface area contributed by atoms with Gasteiger partial charge in [-0.1, -0.05) is 25.3 Å². The minimum atomic E-state index is 0.0171. The number of carbonyl (C=O) groups is 1. The number of carbonyl (C=O) groups excluding carboxylic acids is 1. The smallest absolute Gasteiger partial charge is 0.254 e. The summed E-state index contributed by atoms with van der Waals surface area (Å²) in [5, 5.41) is 4.42. The Hall–Kier alpha value is -2.96. The lowest BCUT2D eigenvalue weighted by Gasteiger charge is -2.25. The highest BCUT2D eigenvalue weighted by atomic mass is 16.2. The van der Waals surface area contributed by atoms with E-state index in [9.17, 15) is 4.79 Å². The van der Waals surface area contributed by atoms with Crippen LogP contribution < -0.4 is 5.73 Å². The Balaban J connectivity index is 1.66. The fourth-order valence-corrected chi connectivity index (χ4v) is 3.37. The lowest BCUT2D eigenvalue weighted by Crippen LogP contribution is -2.34. The molecule has 1 saturated heterocycles. The van der Waals surface area contributed by atoms with Crippen LogP contribution in [0.25, 0.3) is 17.2 Å². The molecule has 0 bridgehead atoms. The quantitative estimate of drug-likeness (QED) is 0.767. The summed E-state index contributed by atoms with van der Waals surface area (Å²) >= 11 is 0. The number of likely N-dealkylation sites (tertiary alicyclic amines) is 1. The monoisotopic (exact) mass is 350 g/mol. The predicted octanol–water partition coefficient (Wildman–Crippen LogP) is 2.78. The Morgan fingerprint density at radius 3 is 2.54 bits per heavy atom. The number of nitrogens with two attached hydrogens (primary N) is 1. The minimum Gasteiger partial charge on any atom is -0.384 e.